The fourth-order valence-electron chi connectivity index (χ4n) is 1.27. The van der Waals surface area contributed by atoms with Crippen molar-refractivity contribution in [2.24, 2.45) is 0 Å². The number of nitrogens with zero attached hydrogens (tertiary/aromatic N) is 1. The molecule has 1 aliphatic heterocycles. The van der Waals surface area contributed by atoms with Gasteiger partial charge in [-0.15, -0.1) is 0 Å². The summed E-state index contributed by atoms with van der Waals surface area (Å²) < 4.78 is 11.3. The van der Waals surface area contributed by atoms with E-state index in [1.807, 2.05) is 0 Å². The molecule has 0 N–H and O–H groups in total. The van der Waals surface area contributed by atoms with E-state index in [4.69, 9.17) is 0 Å². The van der Waals surface area contributed by atoms with E-state index in [2.05, 4.69) is 0 Å². The highest BCUT2D eigenvalue weighted by Gasteiger charge is 2.40. The molecule has 0 aromatic heterocycles. The van der Waals surface area contributed by atoms with E-state index in [-0.39, 0.29) is 0 Å². The molecular weight excluding hydrogens is 189 g/mol. The Morgan fingerprint density at radius 1 is 1.00 bits per heavy atom. The van der Waals surface area contributed by atoms with E-state index >= 15 is 0 Å². The number of rotatable bonds is 1. The molecule has 0 fully saturated rings. The van der Waals surface area contributed by atoms with Crippen LogP contribution in [0.4, 0.5) is 0 Å². The summed E-state index contributed by atoms with van der Waals surface area (Å²) in [5.74, 6) is -0.956. The van der Waals surface area contributed by atoms with Gasteiger partial charge in [-0.1, -0.05) is 16.8 Å². The minimum absolute atomic E-state index is 0.329. The first-order valence-corrected chi connectivity index (χ1v) is 4.47. The van der Waals surface area contributed by atoms with E-state index in [0.29, 0.717) is 11.1 Å². The van der Waals surface area contributed by atoms with Crippen molar-refractivity contribution in [3.63, 3.8) is 0 Å². The molecule has 1 aromatic carbocycles. The zero-order chi connectivity index (χ0) is 9.42. The molecule has 4 nitrogen and oxygen atoms in total. The predicted molar refractivity (Wildman–Crippen MR) is 45.9 cm³/mol. The lowest BCUT2D eigenvalue weighted by Crippen LogP contribution is -2.18. The van der Waals surface area contributed by atoms with Crippen LogP contribution in [-0.4, -0.2) is 16.5 Å². The number of benzene rings is 1. The van der Waals surface area contributed by atoms with Gasteiger partial charge in [-0.05, 0) is 16.7 Å². The highest BCUT2D eigenvalue weighted by Crippen LogP contribution is 2.26. The van der Waals surface area contributed by atoms with Crippen LogP contribution < -0.4 is 0 Å². The molecule has 1 aromatic rings. The number of carbonyl (C=O) groups excluding carboxylic acids is 2. The van der Waals surface area contributed by atoms with Gasteiger partial charge in [0.05, 0.1) is 11.1 Å². The van der Waals surface area contributed by atoms with Crippen LogP contribution >= 0.6 is 8.61 Å². The van der Waals surface area contributed by atoms with Gasteiger partial charge >= 0.3 is 20.4 Å². The number of hydrogen-bond acceptors (Lipinski definition) is 3. The Morgan fingerprint density at radius 3 is 1.85 bits per heavy atom. The second-order valence-corrected chi connectivity index (χ2v) is 3.21. The topological polar surface area (TPSA) is 54.5 Å². The second kappa shape index (κ2) is 2.75. The van der Waals surface area contributed by atoms with Gasteiger partial charge < -0.3 is 0 Å². The van der Waals surface area contributed by atoms with Gasteiger partial charge in [-0.2, -0.15) is 0 Å². The fourth-order valence-corrected chi connectivity index (χ4v) is 1.68. The Kier molecular flexibility index (Phi) is 1.71. The number of carbonyl (C=O) groups is 2. The van der Waals surface area contributed by atoms with Crippen molar-refractivity contribution in [2.75, 3.05) is 0 Å². The Bertz CT molecular complexity index is 381. The van der Waals surface area contributed by atoms with E-state index < -0.39 is 20.4 Å². The largest absolute Gasteiger partial charge is 0.459 e. The van der Waals surface area contributed by atoms with Crippen LogP contribution in [0.1, 0.15) is 20.7 Å². The lowest BCUT2D eigenvalue weighted by molar-refractivity contribution is 0.0770. The molecule has 1 unspecified atom stereocenters. The fraction of sp³-hybridized carbons (Fsp3) is 0. The summed E-state index contributed by atoms with van der Waals surface area (Å²) in [6.45, 7) is 0. The van der Waals surface area contributed by atoms with E-state index in [1.54, 1.807) is 24.3 Å². The normalized spacial score (nSPS) is 15.2. The third-order valence-electron chi connectivity index (χ3n) is 1.89. The average molecular weight is 194 g/mol. The molecule has 1 heterocycles. The van der Waals surface area contributed by atoms with Crippen molar-refractivity contribution in [1.29, 1.82) is 0 Å². The van der Waals surface area contributed by atoms with Crippen LogP contribution in [0.15, 0.2) is 24.3 Å². The lowest BCUT2D eigenvalue weighted by Gasteiger charge is -1.90. The summed E-state index contributed by atoms with van der Waals surface area (Å²) in [6.07, 6.45) is 0. The Balaban J connectivity index is 2.63. The SMILES string of the molecule is O=[PH+]N1C(=O)c2ccccc2C1=O. The summed E-state index contributed by atoms with van der Waals surface area (Å²) >= 11 is 0. The predicted octanol–water partition coefficient (Wildman–Crippen LogP) is 1.22. The molecule has 0 saturated carbocycles. The summed E-state index contributed by atoms with van der Waals surface area (Å²) in [4.78, 5) is 22.7. The summed E-state index contributed by atoms with van der Waals surface area (Å²) in [5.41, 5.74) is 0.659. The van der Waals surface area contributed by atoms with Gasteiger partial charge in [0.2, 0.25) is 0 Å². The molecule has 1 atom stereocenters. The first kappa shape index (κ1) is 8.08. The molecule has 0 saturated heterocycles. The molecule has 2 amide bonds. The zero-order valence-corrected chi connectivity index (χ0v) is 7.48. The highest BCUT2D eigenvalue weighted by atomic mass is 31.1. The van der Waals surface area contributed by atoms with E-state index in [9.17, 15) is 14.2 Å². The standard InChI is InChI=1S/C8H4NO3P/c10-7-5-3-1-2-4-6(5)8(11)9(7)13-12/h1-4H/p+1. The van der Waals surface area contributed by atoms with Gasteiger partial charge in [-0.25, -0.2) is 0 Å². The van der Waals surface area contributed by atoms with Crippen LogP contribution in [-0.2, 0) is 4.57 Å². The molecule has 0 aliphatic carbocycles. The van der Waals surface area contributed by atoms with Crippen LogP contribution in [0.5, 0.6) is 0 Å². The number of hydrogen-bond donors (Lipinski definition) is 0. The van der Waals surface area contributed by atoms with Gasteiger partial charge in [-0.3, -0.25) is 9.59 Å². The Labute approximate surface area is 75.4 Å². The van der Waals surface area contributed by atoms with Crippen molar-refractivity contribution >= 4 is 20.4 Å². The number of amides is 2. The molecule has 5 heteroatoms. The molecule has 2 rings (SSSR count). The maximum atomic E-state index is 11.4. The summed E-state index contributed by atoms with van der Waals surface area (Å²) in [5, 5.41) is 0. The molecule has 13 heavy (non-hydrogen) atoms. The molecule has 0 bridgehead atoms. The van der Waals surface area contributed by atoms with Crippen molar-refractivity contribution in [3.8, 4) is 0 Å². The van der Waals surface area contributed by atoms with Crippen LogP contribution in [0.3, 0.4) is 0 Å². The first-order chi connectivity index (χ1) is 6.25. The van der Waals surface area contributed by atoms with Gasteiger partial charge in [0.1, 0.15) is 0 Å². The smallest absolute Gasteiger partial charge is 0.265 e. The van der Waals surface area contributed by atoms with E-state index in [0.717, 1.165) is 4.67 Å². The molecule has 64 valence electrons. The average Bonchev–Trinajstić information content (AvgIpc) is 2.41. The highest BCUT2D eigenvalue weighted by molar-refractivity contribution is 7.23. The zero-order valence-electron chi connectivity index (χ0n) is 6.48. The lowest BCUT2D eigenvalue weighted by atomic mass is 10.1. The van der Waals surface area contributed by atoms with E-state index in [1.165, 1.54) is 0 Å². The van der Waals surface area contributed by atoms with Crippen LogP contribution in [0.25, 0.3) is 0 Å². The molecule has 0 radical (unpaired) electrons. The first-order valence-electron chi connectivity index (χ1n) is 3.61. The molecular formula is C8H5NO3P+. The summed E-state index contributed by atoms with van der Waals surface area (Å²) in [7, 11) is -1.05. The number of imide groups is 1. The van der Waals surface area contributed by atoms with Gasteiger partial charge in [0.15, 0.2) is 0 Å². The monoisotopic (exact) mass is 194 g/mol. The minimum atomic E-state index is -1.05. The molecule has 1 aliphatic rings. The van der Waals surface area contributed by atoms with Gasteiger partial charge in [0, 0.05) is 0 Å². The quantitative estimate of drug-likeness (QED) is 0.498. The second-order valence-electron chi connectivity index (χ2n) is 2.58. The third kappa shape index (κ3) is 0.993. The Morgan fingerprint density at radius 2 is 1.46 bits per heavy atom. The number of fused-ring (bicyclic) bond motifs is 1. The maximum absolute atomic E-state index is 11.4. The summed E-state index contributed by atoms with van der Waals surface area (Å²) in [6, 6.07) is 6.44. The van der Waals surface area contributed by atoms with Crippen molar-refractivity contribution in [3.05, 3.63) is 35.4 Å². The van der Waals surface area contributed by atoms with Gasteiger partial charge in [0.25, 0.3) is 0 Å². The minimum Gasteiger partial charge on any atom is -0.265 e. The van der Waals surface area contributed by atoms with Crippen molar-refractivity contribution in [2.45, 2.75) is 0 Å². The Hall–Kier alpha value is -1.54. The molecule has 0 spiro atoms. The third-order valence-corrected chi connectivity index (χ3v) is 2.47. The maximum Gasteiger partial charge on any atom is 0.459 e. The van der Waals surface area contributed by atoms with Crippen molar-refractivity contribution in [1.82, 2.24) is 4.67 Å². The van der Waals surface area contributed by atoms with Crippen LogP contribution in [0, 0.1) is 0 Å². The van der Waals surface area contributed by atoms with Crippen molar-refractivity contribution < 1.29 is 14.2 Å². The van der Waals surface area contributed by atoms with Crippen LogP contribution in [0.2, 0.25) is 0 Å².